The van der Waals surface area contributed by atoms with Gasteiger partial charge in [0.15, 0.2) is 0 Å². The molecule has 2 rings (SSSR count). The van der Waals surface area contributed by atoms with Crippen molar-refractivity contribution in [2.75, 3.05) is 0 Å². The zero-order valence-electron chi connectivity index (χ0n) is 11.9. The Morgan fingerprint density at radius 3 is 2.18 bits per heavy atom. The number of halogens is 3. The Morgan fingerprint density at radius 1 is 1.14 bits per heavy atom. The van der Waals surface area contributed by atoms with Crippen molar-refractivity contribution in [1.29, 1.82) is 0 Å². The number of aryl methyl sites for hydroxylation is 2. The van der Waals surface area contributed by atoms with Gasteiger partial charge in [0, 0.05) is 12.1 Å². The third kappa shape index (κ3) is 3.69. The molecule has 0 saturated heterocycles. The van der Waals surface area contributed by atoms with Gasteiger partial charge in [0.1, 0.15) is 11.5 Å². The fraction of sp³-hybridized carbons (Fsp3) is 0.286. The molecule has 0 aliphatic carbocycles. The molecule has 1 heterocycles. The smallest absolute Gasteiger partial charge is 0.416 e. The minimum atomic E-state index is -4.50. The van der Waals surface area contributed by atoms with Gasteiger partial charge >= 0.3 is 6.18 Å². The quantitative estimate of drug-likeness (QED) is 0.933. The van der Waals surface area contributed by atoms with E-state index < -0.39 is 21.8 Å². The van der Waals surface area contributed by atoms with E-state index in [9.17, 15) is 21.6 Å². The van der Waals surface area contributed by atoms with Gasteiger partial charge in [0.2, 0.25) is 10.0 Å². The molecular formula is C14H14F3NO3S. The van der Waals surface area contributed by atoms with E-state index in [2.05, 4.69) is 4.72 Å². The van der Waals surface area contributed by atoms with Crippen LogP contribution in [0, 0.1) is 13.8 Å². The van der Waals surface area contributed by atoms with Gasteiger partial charge in [-0.25, -0.2) is 13.1 Å². The lowest BCUT2D eigenvalue weighted by Crippen LogP contribution is -2.23. The molecule has 1 aromatic heterocycles. The largest absolute Gasteiger partial charge is 0.466 e. The van der Waals surface area contributed by atoms with E-state index in [1.807, 2.05) is 0 Å². The molecule has 120 valence electrons. The maximum atomic E-state index is 12.5. The predicted molar refractivity (Wildman–Crippen MR) is 73.7 cm³/mol. The summed E-state index contributed by atoms with van der Waals surface area (Å²) in [6, 6.07) is 5.03. The fourth-order valence-corrected chi connectivity index (χ4v) is 2.94. The fourth-order valence-electron chi connectivity index (χ4n) is 1.94. The van der Waals surface area contributed by atoms with E-state index in [0.717, 1.165) is 24.3 Å². The van der Waals surface area contributed by atoms with E-state index in [-0.39, 0.29) is 11.4 Å². The minimum absolute atomic E-state index is 0.00648. The van der Waals surface area contributed by atoms with Crippen molar-refractivity contribution >= 4 is 10.0 Å². The number of alkyl halides is 3. The van der Waals surface area contributed by atoms with Crippen LogP contribution in [0.5, 0.6) is 0 Å². The summed E-state index contributed by atoms with van der Waals surface area (Å²) in [5.74, 6) is 1.24. The van der Waals surface area contributed by atoms with Gasteiger partial charge in [0.05, 0.1) is 10.5 Å². The number of rotatable bonds is 4. The molecule has 0 saturated carbocycles. The molecule has 0 fully saturated rings. The predicted octanol–water partition coefficient (Wildman–Crippen LogP) is 3.39. The average Bonchev–Trinajstić information content (AvgIpc) is 2.74. The van der Waals surface area contributed by atoms with Crippen molar-refractivity contribution < 1.29 is 26.0 Å². The Morgan fingerprint density at radius 2 is 1.73 bits per heavy atom. The lowest BCUT2D eigenvalue weighted by molar-refractivity contribution is -0.137. The van der Waals surface area contributed by atoms with Crippen LogP contribution in [-0.2, 0) is 22.7 Å². The highest BCUT2D eigenvalue weighted by Crippen LogP contribution is 2.29. The molecule has 0 bridgehead atoms. The van der Waals surface area contributed by atoms with Crippen molar-refractivity contribution in [2.45, 2.75) is 31.5 Å². The van der Waals surface area contributed by atoms with Crippen molar-refractivity contribution in [3.8, 4) is 0 Å². The topological polar surface area (TPSA) is 59.3 Å². The summed E-state index contributed by atoms with van der Waals surface area (Å²) in [6.45, 7) is 3.45. The molecule has 1 aromatic carbocycles. The zero-order chi connectivity index (χ0) is 16.5. The first-order chi connectivity index (χ1) is 10.1. The van der Waals surface area contributed by atoms with Crippen LogP contribution in [0.1, 0.15) is 22.6 Å². The summed E-state index contributed by atoms with van der Waals surface area (Å²) in [5.41, 5.74) is -0.222. The molecule has 0 spiro atoms. The van der Waals surface area contributed by atoms with Gasteiger partial charge in [-0.3, -0.25) is 0 Å². The Labute approximate surface area is 126 Å². The third-order valence-electron chi connectivity index (χ3n) is 3.09. The lowest BCUT2D eigenvalue weighted by atomic mass is 10.2. The molecule has 0 radical (unpaired) electrons. The monoisotopic (exact) mass is 333 g/mol. The number of hydrogen-bond donors (Lipinski definition) is 1. The zero-order valence-corrected chi connectivity index (χ0v) is 12.7. The van der Waals surface area contributed by atoms with Crippen LogP contribution < -0.4 is 4.72 Å². The van der Waals surface area contributed by atoms with Crippen LogP contribution in [0.4, 0.5) is 13.2 Å². The second-order valence-electron chi connectivity index (χ2n) is 4.79. The Kier molecular flexibility index (Phi) is 4.35. The van der Waals surface area contributed by atoms with E-state index in [0.29, 0.717) is 17.1 Å². The first kappa shape index (κ1) is 16.6. The van der Waals surface area contributed by atoms with Gasteiger partial charge < -0.3 is 4.42 Å². The summed E-state index contributed by atoms with van der Waals surface area (Å²) in [5, 5.41) is 0. The standard InChI is InChI=1S/C14H14F3NO3S/c1-9-7-11(10(2)21-9)8-18-22(19,20)13-5-3-12(4-6-13)14(15,16)17/h3-7,18H,8H2,1-2H3. The van der Waals surface area contributed by atoms with Gasteiger partial charge in [-0.05, 0) is 44.2 Å². The number of hydrogen-bond acceptors (Lipinski definition) is 3. The van der Waals surface area contributed by atoms with Crippen molar-refractivity contribution in [1.82, 2.24) is 4.72 Å². The van der Waals surface area contributed by atoms with Crippen LogP contribution in [-0.4, -0.2) is 8.42 Å². The minimum Gasteiger partial charge on any atom is -0.466 e. The molecular weight excluding hydrogens is 319 g/mol. The number of sulfonamides is 1. The maximum Gasteiger partial charge on any atom is 0.416 e. The van der Waals surface area contributed by atoms with Crippen molar-refractivity contribution in [3.63, 3.8) is 0 Å². The molecule has 1 N–H and O–H groups in total. The molecule has 0 aliphatic heterocycles. The summed E-state index contributed by atoms with van der Waals surface area (Å²) in [4.78, 5) is -0.224. The number of benzene rings is 1. The van der Waals surface area contributed by atoms with Crippen molar-refractivity contribution in [3.05, 3.63) is 53.0 Å². The van der Waals surface area contributed by atoms with Crippen LogP contribution in [0.25, 0.3) is 0 Å². The van der Waals surface area contributed by atoms with Crippen LogP contribution in [0.15, 0.2) is 39.6 Å². The molecule has 0 aliphatic rings. The second-order valence-corrected chi connectivity index (χ2v) is 6.55. The van der Waals surface area contributed by atoms with Gasteiger partial charge in [-0.15, -0.1) is 0 Å². The SMILES string of the molecule is Cc1cc(CNS(=O)(=O)c2ccc(C(F)(F)F)cc2)c(C)o1. The van der Waals surface area contributed by atoms with Gasteiger partial charge in [-0.2, -0.15) is 13.2 Å². The van der Waals surface area contributed by atoms with Gasteiger partial charge in [-0.1, -0.05) is 0 Å². The molecule has 8 heteroatoms. The van der Waals surface area contributed by atoms with E-state index >= 15 is 0 Å². The van der Waals surface area contributed by atoms with Crippen LogP contribution in [0.3, 0.4) is 0 Å². The van der Waals surface area contributed by atoms with Crippen LogP contribution >= 0.6 is 0 Å². The molecule has 2 aromatic rings. The summed E-state index contributed by atoms with van der Waals surface area (Å²) in [6.07, 6.45) is -4.50. The maximum absolute atomic E-state index is 12.5. The van der Waals surface area contributed by atoms with E-state index in [1.54, 1.807) is 19.9 Å². The van der Waals surface area contributed by atoms with Crippen molar-refractivity contribution in [2.24, 2.45) is 0 Å². The first-order valence-electron chi connectivity index (χ1n) is 6.32. The normalized spacial score (nSPS) is 12.6. The Balaban J connectivity index is 2.15. The Bertz CT molecular complexity index is 762. The van der Waals surface area contributed by atoms with Gasteiger partial charge in [0.25, 0.3) is 0 Å². The molecule has 0 amide bonds. The third-order valence-corrected chi connectivity index (χ3v) is 4.51. The van der Waals surface area contributed by atoms with Crippen LogP contribution in [0.2, 0.25) is 0 Å². The average molecular weight is 333 g/mol. The number of furan rings is 1. The molecule has 0 unspecified atom stereocenters. The summed E-state index contributed by atoms with van der Waals surface area (Å²) < 4.78 is 69.1. The molecule has 22 heavy (non-hydrogen) atoms. The highest BCUT2D eigenvalue weighted by Gasteiger charge is 2.30. The number of nitrogens with one attached hydrogen (secondary N) is 1. The highest BCUT2D eigenvalue weighted by atomic mass is 32.2. The summed E-state index contributed by atoms with van der Waals surface area (Å²) >= 11 is 0. The molecule has 4 nitrogen and oxygen atoms in total. The molecule has 0 atom stereocenters. The van der Waals surface area contributed by atoms with E-state index in [4.69, 9.17) is 4.42 Å². The summed E-state index contributed by atoms with van der Waals surface area (Å²) in [7, 11) is -3.89. The van der Waals surface area contributed by atoms with E-state index in [1.165, 1.54) is 0 Å². The highest BCUT2D eigenvalue weighted by molar-refractivity contribution is 7.89. The second kappa shape index (κ2) is 5.77. The Hall–Kier alpha value is -1.80. The lowest BCUT2D eigenvalue weighted by Gasteiger charge is -2.09. The first-order valence-corrected chi connectivity index (χ1v) is 7.81.